The van der Waals surface area contributed by atoms with Crippen molar-refractivity contribution in [2.75, 3.05) is 5.32 Å². The van der Waals surface area contributed by atoms with E-state index in [4.69, 9.17) is 10.2 Å². The van der Waals surface area contributed by atoms with Crippen LogP contribution in [0.2, 0.25) is 0 Å². The number of fused-ring (bicyclic) bond motifs is 2. The molecule has 2 N–H and O–H groups in total. The van der Waals surface area contributed by atoms with E-state index in [1.807, 2.05) is 35.9 Å². The Kier molecular flexibility index (Phi) is 4.31. The van der Waals surface area contributed by atoms with Gasteiger partial charge >= 0.3 is 0 Å². The fourth-order valence-corrected chi connectivity index (χ4v) is 3.93. The molecule has 0 fully saturated rings. The Morgan fingerprint density at radius 2 is 2.13 bits per heavy atom. The van der Waals surface area contributed by atoms with Crippen molar-refractivity contribution in [3.63, 3.8) is 0 Å². The number of aryl methyl sites for hydroxylation is 2. The third-order valence-electron chi connectivity index (χ3n) is 5.46. The Hall–Kier alpha value is -3.94. The summed E-state index contributed by atoms with van der Waals surface area (Å²) in [5.41, 5.74) is 6.02. The molecule has 8 heteroatoms. The summed E-state index contributed by atoms with van der Waals surface area (Å²) in [4.78, 5) is 21.0. The summed E-state index contributed by atoms with van der Waals surface area (Å²) in [6.45, 7) is 2.52. The molecular formula is C22H20N6O2. The van der Waals surface area contributed by atoms with Gasteiger partial charge < -0.3 is 15.1 Å². The number of nitrogens with zero attached hydrogens (tertiary/aromatic N) is 5. The van der Waals surface area contributed by atoms with Crippen LogP contribution in [0.5, 0.6) is 0 Å². The Balaban J connectivity index is 1.63. The molecule has 1 aliphatic carbocycles. The predicted molar refractivity (Wildman–Crippen MR) is 115 cm³/mol. The third kappa shape index (κ3) is 2.93. The van der Waals surface area contributed by atoms with Gasteiger partial charge in [0.1, 0.15) is 11.5 Å². The second-order valence-corrected chi connectivity index (χ2v) is 7.20. The molecule has 0 spiro atoms. The first kappa shape index (κ1) is 18.1. The smallest absolute Gasteiger partial charge is 0.250 e. The fourth-order valence-electron chi connectivity index (χ4n) is 3.93. The van der Waals surface area contributed by atoms with Gasteiger partial charge in [0.05, 0.1) is 11.9 Å². The Morgan fingerprint density at radius 3 is 2.97 bits per heavy atom. The lowest BCUT2D eigenvalue weighted by Crippen LogP contribution is -2.17. The summed E-state index contributed by atoms with van der Waals surface area (Å²) < 4.78 is 3.60. The molecule has 8 nitrogen and oxygen atoms in total. The van der Waals surface area contributed by atoms with E-state index >= 15 is 0 Å². The molecule has 3 aromatic heterocycles. The highest BCUT2D eigenvalue weighted by Gasteiger charge is 2.20. The SMILES string of the molecule is CCn1cc(-c2nc3cnccn3c2Nc2ccc3c(c2)CC/C3=N\O)ccc1=O. The van der Waals surface area contributed by atoms with Gasteiger partial charge in [-0.25, -0.2) is 4.98 Å². The van der Waals surface area contributed by atoms with Crippen LogP contribution < -0.4 is 10.9 Å². The normalized spacial score (nSPS) is 14.4. The molecule has 150 valence electrons. The minimum atomic E-state index is -0.0406. The van der Waals surface area contributed by atoms with Crippen LogP contribution in [0.25, 0.3) is 16.9 Å². The van der Waals surface area contributed by atoms with Crippen LogP contribution in [0.4, 0.5) is 11.5 Å². The van der Waals surface area contributed by atoms with Gasteiger partial charge in [-0.1, -0.05) is 11.2 Å². The van der Waals surface area contributed by atoms with Crippen LogP contribution in [0.15, 0.2) is 65.1 Å². The van der Waals surface area contributed by atoms with E-state index in [0.717, 1.165) is 52.4 Å². The topological polar surface area (TPSA) is 96.8 Å². The molecular weight excluding hydrogens is 380 g/mol. The average molecular weight is 400 g/mol. The third-order valence-corrected chi connectivity index (χ3v) is 5.46. The fraction of sp³-hybridized carbons (Fsp3) is 0.182. The van der Waals surface area contributed by atoms with Gasteiger partial charge in [0.2, 0.25) is 0 Å². The van der Waals surface area contributed by atoms with E-state index in [0.29, 0.717) is 12.2 Å². The largest absolute Gasteiger partial charge is 0.411 e. The molecule has 0 aliphatic heterocycles. The minimum absolute atomic E-state index is 0.0406. The van der Waals surface area contributed by atoms with E-state index < -0.39 is 0 Å². The number of oxime groups is 1. The molecule has 0 amide bonds. The summed E-state index contributed by atoms with van der Waals surface area (Å²) in [5, 5.41) is 16.1. The predicted octanol–water partition coefficient (Wildman–Crippen LogP) is 3.45. The lowest BCUT2D eigenvalue weighted by atomic mass is 10.1. The number of aromatic nitrogens is 4. The molecule has 3 heterocycles. The summed E-state index contributed by atoms with van der Waals surface area (Å²) in [6.07, 6.45) is 8.68. The standard InChI is InChI=1S/C22H20N6O2/c1-2-27-13-15(4-8-20(27)29)21-22(28-10-9-23-12-19(28)25-21)24-16-5-6-17-14(11-16)3-7-18(17)26-30/h4-6,8-13,24,30H,2-3,7H2,1H3/b26-18+. The lowest BCUT2D eigenvalue weighted by Gasteiger charge is -2.11. The Bertz CT molecular complexity index is 1350. The van der Waals surface area contributed by atoms with Crippen molar-refractivity contribution < 1.29 is 5.21 Å². The van der Waals surface area contributed by atoms with Gasteiger partial charge in [-0.3, -0.25) is 14.2 Å². The van der Waals surface area contributed by atoms with Crippen LogP contribution in [0.3, 0.4) is 0 Å². The van der Waals surface area contributed by atoms with Gasteiger partial charge in [0.15, 0.2) is 5.65 Å². The first-order valence-electron chi connectivity index (χ1n) is 9.82. The Morgan fingerprint density at radius 1 is 1.23 bits per heavy atom. The number of anilines is 2. The van der Waals surface area contributed by atoms with Gasteiger partial charge in [0.25, 0.3) is 5.56 Å². The van der Waals surface area contributed by atoms with E-state index in [9.17, 15) is 4.79 Å². The summed E-state index contributed by atoms with van der Waals surface area (Å²) in [5.74, 6) is 0.794. The molecule has 0 saturated heterocycles. The van der Waals surface area contributed by atoms with Gasteiger partial charge in [0, 0.05) is 48.0 Å². The molecule has 4 aromatic rings. The number of benzene rings is 1. The molecule has 0 atom stereocenters. The number of pyridine rings is 1. The first-order valence-corrected chi connectivity index (χ1v) is 9.82. The second-order valence-electron chi connectivity index (χ2n) is 7.20. The quantitative estimate of drug-likeness (QED) is 0.404. The number of hydrogen-bond donors (Lipinski definition) is 2. The molecule has 1 aliphatic rings. The van der Waals surface area contributed by atoms with Gasteiger partial charge in [-0.15, -0.1) is 0 Å². The van der Waals surface area contributed by atoms with E-state index in [1.54, 1.807) is 29.1 Å². The highest BCUT2D eigenvalue weighted by molar-refractivity contribution is 6.04. The van der Waals surface area contributed by atoms with E-state index in [-0.39, 0.29) is 5.56 Å². The van der Waals surface area contributed by atoms with Crippen molar-refractivity contribution in [3.8, 4) is 11.3 Å². The summed E-state index contributed by atoms with van der Waals surface area (Å²) in [6, 6.07) is 9.37. The molecule has 0 saturated carbocycles. The Labute approximate surface area is 172 Å². The molecule has 0 radical (unpaired) electrons. The summed E-state index contributed by atoms with van der Waals surface area (Å²) >= 11 is 0. The van der Waals surface area contributed by atoms with Crippen molar-refractivity contribution in [1.82, 2.24) is 18.9 Å². The van der Waals surface area contributed by atoms with Crippen molar-refractivity contribution in [2.45, 2.75) is 26.3 Å². The highest BCUT2D eigenvalue weighted by atomic mass is 16.4. The van der Waals surface area contributed by atoms with Crippen molar-refractivity contribution in [3.05, 3.63) is 76.6 Å². The zero-order valence-electron chi connectivity index (χ0n) is 16.4. The number of nitrogens with one attached hydrogen (secondary N) is 1. The van der Waals surface area contributed by atoms with Crippen molar-refractivity contribution >= 4 is 22.9 Å². The maximum Gasteiger partial charge on any atom is 0.250 e. The maximum absolute atomic E-state index is 12.0. The van der Waals surface area contributed by atoms with E-state index in [2.05, 4.69) is 21.5 Å². The zero-order valence-corrected chi connectivity index (χ0v) is 16.4. The van der Waals surface area contributed by atoms with Gasteiger partial charge in [-0.05, 0) is 43.5 Å². The van der Waals surface area contributed by atoms with Crippen LogP contribution in [0, 0.1) is 0 Å². The molecule has 0 unspecified atom stereocenters. The van der Waals surface area contributed by atoms with Crippen LogP contribution >= 0.6 is 0 Å². The molecule has 30 heavy (non-hydrogen) atoms. The zero-order chi connectivity index (χ0) is 20.7. The average Bonchev–Trinajstić information content (AvgIpc) is 3.35. The first-order chi connectivity index (χ1) is 14.7. The highest BCUT2D eigenvalue weighted by Crippen LogP contribution is 2.32. The van der Waals surface area contributed by atoms with E-state index in [1.165, 1.54) is 0 Å². The molecule has 0 bridgehead atoms. The maximum atomic E-state index is 12.0. The van der Waals surface area contributed by atoms with Crippen molar-refractivity contribution in [1.29, 1.82) is 0 Å². The molecule has 1 aromatic carbocycles. The monoisotopic (exact) mass is 400 g/mol. The van der Waals surface area contributed by atoms with Crippen molar-refractivity contribution in [2.24, 2.45) is 5.16 Å². The van der Waals surface area contributed by atoms with Gasteiger partial charge in [-0.2, -0.15) is 0 Å². The lowest BCUT2D eigenvalue weighted by molar-refractivity contribution is 0.318. The molecule has 5 rings (SSSR count). The van der Waals surface area contributed by atoms with Crippen LogP contribution in [-0.4, -0.2) is 29.9 Å². The summed E-state index contributed by atoms with van der Waals surface area (Å²) in [7, 11) is 0. The second kappa shape index (κ2) is 7.14. The number of rotatable bonds is 4. The number of hydrogen-bond acceptors (Lipinski definition) is 6. The van der Waals surface area contributed by atoms with Crippen LogP contribution in [0.1, 0.15) is 24.5 Å². The minimum Gasteiger partial charge on any atom is -0.411 e. The van der Waals surface area contributed by atoms with Crippen LogP contribution in [-0.2, 0) is 13.0 Å². The number of imidazole rings is 1.